The van der Waals surface area contributed by atoms with Crippen molar-refractivity contribution in [3.63, 3.8) is 0 Å². The van der Waals surface area contributed by atoms with Gasteiger partial charge in [0.25, 0.3) is 0 Å². The number of benzene rings is 1. The first-order chi connectivity index (χ1) is 11.5. The van der Waals surface area contributed by atoms with Gasteiger partial charge in [0.15, 0.2) is 11.6 Å². The summed E-state index contributed by atoms with van der Waals surface area (Å²) >= 11 is 1.56. The van der Waals surface area contributed by atoms with Crippen LogP contribution in [0.1, 0.15) is 24.8 Å². The average Bonchev–Trinajstić information content (AvgIpc) is 2.96. The average molecular weight is 354 g/mol. The first-order valence-electron chi connectivity index (χ1n) is 8.45. The molecule has 3 rings (SSSR count). The number of halogens is 2. The molecule has 2 aliphatic heterocycles. The summed E-state index contributed by atoms with van der Waals surface area (Å²) in [5.74, 6) is -0.768. The van der Waals surface area contributed by atoms with E-state index < -0.39 is 11.6 Å². The van der Waals surface area contributed by atoms with Crippen LogP contribution in [0.15, 0.2) is 18.2 Å². The second-order valence-corrected chi connectivity index (χ2v) is 7.89. The maximum Gasteiger partial charge on any atom is 0.232 e. The van der Waals surface area contributed by atoms with E-state index in [1.54, 1.807) is 23.9 Å². The number of carbonyl (C=O) groups excluding carboxylic acids is 1. The molecule has 0 N–H and O–H groups in total. The molecule has 0 saturated carbocycles. The zero-order chi connectivity index (χ0) is 17.2. The molecule has 3 nitrogen and oxygen atoms in total. The van der Waals surface area contributed by atoms with Gasteiger partial charge in [-0.25, -0.2) is 8.78 Å². The van der Waals surface area contributed by atoms with Gasteiger partial charge in [0, 0.05) is 37.2 Å². The standard InChI is InChI=1S/C18H24F2N2OS/c1-24-11-16(23)22-9-7-18(13-22)6-3-8-21(12-18)10-14-4-2-5-15(19)17(14)20/h2,4-5H,3,6-13H2,1H3. The highest BCUT2D eigenvalue weighted by Gasteiger charge is 2.42. The summed E-state index contributed by atoms with van der Waals surface area (Å²) in [6, 6.07) is 4.37. The van der Waals surface area contributed by atoms with Crippen LogP contribution in [0.3, 0.4) is 0 Å². The summed E-state index contributed by atoms with van der Waals surface area (Å²) in [6.07, 6.45) is 5.11. The molecule has 1 atom stereocenters. The van der Waals surface area contributed by atoms with E-state index >= 15 is 0 Å². The number of nitrogens with zero attached hydrogens (tertiary/aromatic N) is 2. The Labute approximate surface area is 146 Å². The second-order valence-electron chi connectivity index (χ2n) is 7.03. The van der Waals surface area contributed by atoms with Crippen molar-refractivity contribution in [1.29, 1.82) is 0 Å². The smallest absolute Gasteiger partial charge is 0.232 e. The number of hydrogen-bond acceptors (Lipinski definition) is 3. The molecule has 1 unspecified atom stereocenters. The number of likely N-dealkylation sites (tertiary alicyclic amines) is 2. The van der Waals surface area contributed by atoms with Crippen molar-refractivity contribution in [3.05, 3.63) is 35.4 Å². The van der Waals surface area contributed by atoms with Gasteiger partial charge < -0.3 is 4.90 Å². The van der Waals surface area contributed by atoms with Crippen molar-refractivity contribution in [3.8, 4) is 0 Å². The van der Waals surface area contributed by atoms with E-state index in [-0.39, 0.29) is 11.3 Å². The van der Waals surface area contributed by atoms with Gasteiger partial charge in [-0.05, 0) is 38.1 Å². The lowest BCUT2D eigenvalue weighted by Gasteiger charge is -2.40. The van der Waals surface area contributed by atoms with Crippen molar-refractivity contribution in [2.75, 3.05) is 38.2 Å². The molecule has 1 amide bonds. The van der Waals surface area contributed by atoms with Crippen molar-refractivity contribution in [2.45, 2.75) is 25.8 Å². The minimum Gasteiger partial charge on any atom is -0.341 e. The summed E-state index contributed by atoms with van der Waals surface area (Å²) in [7, 11) is 0. The molecule has 2 aliphatic rings. The Hall–Kier alpha value is -1.14. The third-order valence-corrected chi connectivity index (χ3v) is 5.76. The minimum absolute atomic E-state index is 0.121. The van der Waals surface area contributed by atoms with Crippen LogP contribution in [0.25, 0.3) is 0 Å². The van der Waals surface area contributed by atoms with E-state index in [1.807, 2.05) is 11.2 Å². The second kappa shape index (κ2) is 7.40. The van der Waals surface area contributed by atoms with Gasteiger partial charge in [-0.2, -0.15) is 11.8 Å². The minimum atomic E-state index is -0.783. The van der Waals surface area contributed by atoms with E-state index in [4.69, 9.17) is 0 Å². The molecule has 132 valence electrons. The largest absolute Gasteiger partial charge is 0.341 e. The number of hydrogen-bond donors (Lipinski definition) is 0. The van der Waals surface area contributed by atoms with Gasteiger partial charge in [0.05, 0.1) is 5.75 Å². The Bertz CT molecular complexity index is 613. The summed E-state index contributed by atoms with van der Waals surface area (Å²) in [5, 5.41) is 0. The molecular formula is C18H24F2N2OS. The highest BCUT2D eigenvalue weighted by Crippen LogP contribution is 2.39. The normalized spacial score (nSPS) is 24.7. The highest BCUT2D eigenvalue weighted by molar-refractivity contribution is 7.99. The van der Waals surface area contributed by atoms with Crippen molar-refractivity contribution in [2.24, 2.45) is 5.41 Å². The predicted octanol–water partition coefficient (Wildman–Crippen LogP) is 3.14. The maximum absolute atomic E-state index is 13.9. The fourth-order valence-corrected chi connectivity index (χ4v) is 4.48. The van der Waals surface area contributed by atoms with Crippen LogP contribution in [0.5, 0.6) is 0 Å². The molecule has 6 heteroatoms. The number of amides is 1. The SMILES string of the molecule is CSCC(=O)N1CCC2(CCCN(Cc3cccc(F)c3F)C2)C1. The molecular weight excluding hydrogens is 330 g/mol. The number of piperidine rings is 1. The lowest BCUT2D eigenvalue weighted by molar-refractivity contribution is -0.127. The maximum atomic E-state index is 13.9. The number of carbonyl (C=O) groups is 1. The molecule has 2 heterocycles. The lowest BCUT2D eigenvalue weighted by atomic mass is 9.79. The summed E-state index contributed by atoms with van der Waals surface area (Å²) in [4.78, 5) is 16.3. The van der Waals surface area contributed by atoms with Crippen LogP contribution in [-0.2, 0) is 11.3 Å². The highest BCUT2D eigenvalue weighted by atomic mass is 32.2. The third kappa shape index (κ3) is 3.75. The first-order valence-corrected chi connectivity index (χ1v) is 9.84. The monoisotopic (exact) mass is 354 g/mol. The molecule has 1 aromatic rings. The Morgan fingerprint density at radius 2 is 2.08 bits per heavy atom. The van der Waals surface area contributed by atoms with Crippen molar-refractivity contribution >= 4 is 17.7 Å². The quantitative estimate of drug-likeness (QED) is 0.830. The zero-order valence-electron chi connectivity index (χ0n) is 14.1. The summed E-state index contributed by atoms with van der Waals surface area (Å²) in [6.45, 7) is 3.81. The van der Waals surface area contributed by atoms with Crippen LogP contribution in [0.2, 0.25) is 0 Å². The van der Waals surface area contributed by atoms with Gasteiger partial charge in [0.1, 0.15) is 0 Å². The van der Waals surface area contributed by atoms with E-state index in [1.165, 1.54) is 0 Å². The van der Waals surface area contributed by atoms with Gasteiger partial charge in [-0.1, -0.05) is 12.1 Å². The summed E-state index contributed by atoms with van der Waals surface area (Å²) < 4.78 is 27.3. The molecule has 0 bridgehead atoms. The molecule has 0 aliphatic carbocycles. The predicted molar refractivity (Wildman–Crippen MR) is 92.9 cm³/mol. The van der Waals surface area contributed by atoms with E-state index in [9.17, 15) is 13.6 Å². The van der Waals surface area contributed by atoms with Gasteiger partial charge in [0.2, 0.25) is 5.91 Å². The van der Waals surface area contributed by atoms with E-state index in [0.29, 0.717) is 17.9 Å². The molecule has 2 fully saturated rings. The lowest BCUT2D eigenvalue weighted by Crippen LogP contribution is -2.45. The van der Waals surface area contributed by atoms with Gasteiger partial charge in [-0.15, -0.1) is 0 Å². The first kappa shape index (κ1) is 17.7. The van der Waals surface area contributed by atoms with Crippen LogP contribution >= 0.6 is 11.8 Å². The van der Waals surface area contributed by atoms with Crippen LogP contribution in [0, 0.1) is 17.0 Å². The van der Waals surface area contributed by atoms with Crippen LogP contribution in [0.4, 0.5) is 8.78 Å². The zero-order valence-corrected chi connectivity index (χ0v) is 14.9. The van der Waals surface area contributed by atoms with Crippen molar-refractivity contribution in [1.82, 2.24) is 9.80 Å². The van der Waals surface area contributed by atoms with Gasteiger partial charge >= 0.3 is 0 Å². The van der Waals surface area contributed by atoms with E-state index in [0.717, 1.165) is 51.5 Å². The molecule has 0 aromatic heterocycles. The topological polar surface area (TPSA) is 23.6 Å². The molecule has 0 radical (unpaired) electrons. The fourth-order valence-electron chi connectivity index (χ4n) is 4.05. The van der Waals surface area contributed by atoms with Crippen LogP contribution in [-0.4, -0.2) is 53.9 Å². The van der Waals surface area contributed by atoms with E-state index in [2.05, 4.69) is 4.90 Å². The molecule has 1 spiro atoms. The Kier molecular flexibility index (Phi) is 5.45. The number of rotatable bonds is 4. The van der Waals surface area contributed by atoms with Crippen LogP contribution < -0.4 is 0 Å². The van der Waals surface area contributed by atoms with Crippen molar-refractivity contribution < 1.29 is 13.6 Å². The molecule has 24 heavy (non-hydrogen) atoms. The third-order valence-electron chi connectivity index (χ3n) is 5.22. The Morgan fingerprint density at radius 1 is 1.25 bits per heavy atom. The fraction of sp³-hybridized carbons (Fsp3) is 0.611. The summed E-state index contributed by atoms with van der Waals surface area (Å²) in [5.41, 5.74) is 0.538. The number of thioether (sulfide) groups is 1. The molecule has 2 saturated heterocycles. The molecule has 1 aromatic carbocycles. The Balaban J connectivity index is 1.64. The van der Waals surface area contributed by atoms with Gasteiger partial charge in [-0.3, -0.25) is 9.69 Å². The Morgan fingerprint density at radius 3 is 2.88 bits per heavy atom.